The molecule has 0 radical (unpaired) electrons. The largest absolute Gasteiger partial charge is 0.437 e. The highest BCUT2D eigenvalue weighted by Crippen LogP contribution is 2.32. The molecule has 2 heterocycles. The van der Waals surface area contributed by atoms with E-state index >= 15 is 0 Å². The molecule has 0 aliphatic heterocycles. The Kier molecular flexibility index (Phi) is 5.17. The van der Waals surface area contributed by atoms with Gasteiger partial charge in [0.25, 0.3) is 17.5 Å². The molecule has 1 N–H and O–H groups in total. The van der Waals surface area contributed by atoms with Crippen molar-refractivity contribution in [3.63, 3.8) is 0 Å². The van der Waals surface area contributed by atoms with E-state index in [1.54, 1.807) is 38.1 Å². The zero-order chi connectivity index (χ0) is 23.2. The third-order valence-corrected chi connectivity index (χ3v) is 4.87. The Balaban J connectivity index is 1.83. The predicted molar refractivity (Wildman–Crippen MR) is 112 cm³/mol. The molecule has 0 bridgehead atoms. The first-order valence-corrected chi connectivity index (χ1v) is 9.44. The molecule has 0 saturated carbocycles. The van der Waals surface area contributed by atoms with Crippen molar-refractivity contribution < 1.29 is 13.5 Å². The molecule has 4 rings (SSSR count). The summed E-state index contributed by atoms with van der Waals surface area (Å²) in [4.78, 5) is 37.9. The van der Waals surface area contributed by atoms with Gasteiger partial charge in [-0.2, -0.15) is 9.78 Å². The van der Waals surface area contributed by atoms with Crippen LogP contribution in [0.15, 0.2) is 50.8 Å². The molecule has 9 nitrogen and oxygen atoms in total. The van der Waals surface area contributed by atoms with Crippen molar-refractivity contribution in [3.8, 4) is 17.3 Å². The number of ether oxygens (including phenoxy) is 1. The van der Waals surface area contributed by atoms with Gasteiger partial charge in [-0.1, -0.05) is 12.1 Å². The summed E-state index contributed by atoms with van der Waals surface area (Å²) in [6.45, 7) is 3.39. The second-order valence-electron chi connectivity index (χ2n) is 7.15. The Labute approximate surface area is 178 Å². The van der Waals surface area contributed by atoms with Gasteiger partial charge in [0.05, 0.1) is 16.5 Å². The Morgan fingerprint density at radius 2 is 1.62 bits per heavy atom. The quantitative estimate of drug-likeness (QED) is 0.521. The van der Waals surface area contributed by atoms with E-state index in [-0.39, 0.29) is 17.1 Å². The van der Waals surface area contributed by atoms with Crippen molar-refractivity contribution in [3.05, 3.63) is 84.4 Å². The van der Waals surface area contributed by atoms with Crippen LogP contribution in [0.2, 0.25) is 0 Å². The molecule has 164 valence electrons. The number of hydrogen-bond acceptors (Lipinski definition) is 6. The number of halogens is 2. The minimum absolute atomic E-state index is 0.175. The van der Waals surface area contributed by atoms with Gasteiger partial charge in [-0.3, -0.25) is 14.6 Å². The molecule has 0 aliphatic rings. The summed E-state index contributed by atoms with van der Waals surface area (Å²) < 4.78 is 34.0. The summed E-state index contributed by atoms with van der Waals surface area (Å²) in [7, 11) is 1.51. The molecule has 0 fully saturated rings. The maximum absolute atomic E-state index is 13.1. The summed E-state index contributed by atoms with van der Waals surface area (Å²) in [5.74, 6) is 0.623. The highest BCUT2D eigenvalue weighted by molar-refractivity contribution is 5.86. The third-order valence-electron chi connectivity index (χ3n) is 4.87. The summed E-state index contributed by atoms with van der Waals surface area (Å²) >= 11 is 0. The van der Waals surface area contributed by atoms with Crippen molar-refractivity contribution in [2.24, 2.45) is 7.05 Å². The van der Waals surface area contributed by atoms with Crippen LogP contribution in [0.1, 0.15) is 23.2 Å². The molecule has 2 aromatic carbocycles. The van der Waals surface area contributed by atoms with Crippen molar-refractivity contribution in [1.29, 1.82) is 0 Å². The molecule has 11 heteroatoms. The smallest absolute Gasteiger partial charge is 0.349 e. The second-order valence-corrected chi connectivity index (χ2v) is 7.15. The molecule has 2 aromatic heterocycles. The van der Waals surface area contributed by atoms with E-state index in [9.17, 15) is 23.2 Å². The average Bonchev–Trinajstić information content (AvgIpc) is 2.73. The van der Waals surface area contributed by atoms with Crippen LogP contribution in [0, 0.1) is 13.8 Å². The number of fused-ring (bicyclic) bond motifs is 1. The fourth-order valence-corrected chi connectivity index (χ4v) is 3.38. The fraction of sp³-hybridized carbons (Fsp3) is 0.190. The Morgan fingerprint density at radius 3 is 2.25 bits per heavy atom. The topological polar surface area (TPSA) is 112 Å². The first-order chi connectivity index (χ1) is 15.2. The van der Waals surface area contributed by atoms with Crippen molar-refractivity contribution in [1.82, 2.24) is 24.5 Å². The molecule has 0 saturated heterocycles. The SMILES string of the molecule is Cc1cc(-n2nc(C(F)F)c(=O)[nH]c2=O)cc(C)c1Oc1nn(C)c(=O)c2ccccc12. The number of H-pyrrole nitrogens is 1. The van der Waals surface area contributed by atoms with Gasteiger partial charge >= 0.3 is 5.69 Å². The van der Waals surface area contributed by atoms with E-state index in [0.29, 0.717) is 32.3 Å². The first-order valence-electron chi connectivity index (χ1n) is 9.44. The number of aromatic nitrogens is 5. The Hall–Kier alpha value is -4.15. The predicted octanol–water partition coefficient (Wildman–Crippen LogP) is 2.51. The van der Waals surface area contributed by atoms with E-state index in [2.05, 4.69) is 10.2 Å². The number of benzene rings is 2. The molecule has 0 aliphatic carbocycles. The molecule has 0 spiro atoms. The summed E-state index contributed by atoms with van der Waals surface area (Å²) in [5.41, 5.74) is -2.22. The second kappa shape index (κ2) is 7.84. The number of aryl methyl sites for hydroxylation is 3. The molecule has 0 unspecified atom stereocenters. The average molecular weight is 441 g/mol. The Morgan fingerprint density at radius 1 is 1.00 bits per heavy atom. The normalized spacial score (nSPS) is 11.3. The lowest BCUT2D eigenvalue weighted by atomic mass is 10.1. The van der Waals surface area contributed by atoms with Crippen LogP contribution in [-0.4, -0.2) is 24.5 Å². The van der Waals surface area contributed by atoms with Crippen LogP contribution in [0.4, 0.5) is 8.78 Å². The van der Waals surface area contributed by atoms with E-state index in [1.165, 1.54) is 23.9 Å². The van der Waals surface area contributed by atoms with Crippen LogP contribution >= 0.6 is 0 Å². The minimum Gasteiger partial charge on any atom is -0.437 e. The summed E-state index contributed by atoms with van der Waals surface area (Å²) in [5, 5.41) is 8.69. The number of hydrogen-bond donors (Lipinski definition) is 1. The van der Waals surface area contributed by atoms with E-state index in [4.69, 9.17) is 4.74 Å². The van der Waals surface area contributed by atoms with Crippen LogP contribution < -0.4 is 21.5 Å². The monoisotopic (exact) mass is 441 g/mol. The summed E-state index contributed by atoms with van der Waals surface area (Å²) in [6, 6.07) is 9.90. The zero-order valence-corrected chi connectivity index (χ0v) is 17.2. The first kappa shape index (κ1) is 21.1. The highest BCUT2D eigenvalue weighted by Gasteiger charge is 2.19. The van der Waals surface area contributed by atoms with Crippen molar-refractivity contribution in [2.45, 2.75) is 20.3 Å². The lowest BCUT2D eigenvalue weighted by Crippen LogP contribution is -2.34. The molecule has 0 amide bonds. The number of aromatic amines is 1. The lowest BCUT2D eigenvalue weighted by Gasteiger charge is -2.15. The van der Waals surface area contributed by atoms with Gasteiger partial charge in [0.2, 0.25) is 5.88 Å². The van der Waals surface area contributed by atoms with Gasteiger partial charge in [0.15, 0.2) is 5.69 Å². The Bertz CT molecular complexity index is 1520. The highest BCUT2D eigenvalue weighted by atomic mass is 19.3. The van der Waals surface area contributed by atoms with Crippen LogP contribution in [-0.2, 0) is 7.05 Å². The standard InChI is InChI=1S/C21H17F2N5O4/c1-10-8-12(28-21(31)24-18(29)15(25-28)17(22)23)9-11(2)16(10)32-19-13-6-4-5-7-14(13)20(30)27(3)26-19/h4-9,17H,1-3H3,(H,24,29,31). The maximum atomic E-state index is 13.1. The summed E-state index contributed by atoms with van der Waals surface area (Å²) in [6.07, 6.45) is -3.14. The molecular formula is C21H17F2N5O4. The number of alkyl halides is 2. The number of rotatable bonds is 4. The van der Waals surface area contributed by atoms with Crippen LogP contribution in [0.25, 0.3) is 16.5 Å². The van der Waals surface area contributed by atoms with Gasteiger partial charge in [0, 0.05) is 7.05 Å². The third kappa shape index (κ3) is 3.57. The molecule has 4 aromatic rings. The molecular weight excluding hydrogens is 424 g/mol. The maximum Gasteiger partial charge on any atom is 0.349 e. The van der Waals surface area contributed by atoms with Gasteiger partial charge < -0.3 is 4.74 Å². The van der Waals surface area contributed by atoms with E-state index in [0.717, 1.165) is 0 Å². The van der Waals surface area contributed by atoms with Crippen LogP contribution in [0.5, 0.6) is 11.6 Å². The van der Waals surface area contributed by atoms with Crippen molar-refractivity contribution >= 4 is 10.8 Å². The van der Waals surface area contributed by atoms with Gasteiger partial charge in [-0.15, -0.1) is 5.10 Å². The van der Waals surface area contributed by atoms with Gasteiger partial charge in [0.1, 0.15) is 5.75 Å². The zero-order valence-electron chi connectivity index (χ0n) is 17.2. The fourth-order valence-electron chi connectivity index (χ4n) is 3.38. The van der Waals surface area contributed by atoms with E-state index < -0.39 is 23.4 Å². The van der Waals surface area contributed by atoms with E-state index in [1.807, 2.05) is 4.98 Å². The molecule has 0 atom stereocenters. The number of nitrogens with zero attached hydrogens (tertiary/aromatic N) is 4. The minimum atomic E-state index is -3.14. The van der Waals surface area contributed by atoms with Gasteiger partial charge in [-0.05, 0) is 49.2 Å². The van der Waals surface area contributed by atoms with Crippen LogP contribution in [0.3, 0.4) is 0 Å². The van der Waals surface area contributed by atoms with Crippen molar-refractivity contribution in [2.75, 3.05) is 0 Å². The molecule has 32 heavy (non-hydrogen) atoms. The lowest BCUT2D eigenvalue weighted by molar-refractivity contribution is 0.141. The number of nitrogens with one attached hydrogen (secondary N) is 1. The van der Waals surface area contributed by atoms with Gasteiger partial charge in [-0.25, -0.2) is 18.3 Å².